The van der Waals surface area contributed by atoms with E-state index in [4.69, 9.17) is 10.5 Å². The van der Waals surface area contributed by atoms with Crippen LogP contribution in [-0.4, -0.2) is 19.1 Å². The zero-order valence-corrected chi connectivity index (χ0v) is 12.1. The number of methoxy groups -OCH3 is 1. The molecular formula is C17H17N3O. The van der Waals surface area contributed by atoms with Gasteiger partial charge in [-0.15, -0.1) is 0 Å². The highest BCUT2D eigenvalue weighted by Crippen LogP contribution is 2.34. The molecule has 3 aromatic rings. The van der Waals surface area contributed by atoms with Crippen LogP contribution < -0.4 is 15.4 Å². The van der Waals surface area contributed by atoms with E-state index in [1.54, 1.807) is 13.3 Å². The first-order valence-electron chi connectivity index (χ1n) is 6.70. The Morgan fingerprint density at radius 3 is 2.76 bits per heavy atom. The number of rotatable bonds is 3. The van der Waals surface area contributed by atoms with Gasteiger partial charge in [-0.2, -0.15) is 0 Å². The molecule has 0 saturated carbocycles. The van der Waals surface area contributed by atoms with E-state index in [-0.39, 0.29) is 0 Å². The highest BCUT2D eigenvalue weighted by molar-refractivity contribution is 6.01. The molecule has 0 aliphatic rings. The third-order valence-electron chi connectivity index (χ3n) is 3.63. The third-order valence-corrected chi connectivity index (χ3v) is 3.63. The van der Waals surface area contributed by atoms with Crippen LogP contribution in [-0.2, 0) is 0 Å². The number of hydrogen-bond donors (Lipinski definition) is 1. The molecule has 0 amide bonds. The van der Waals surface area contributed by atoms with Crippen LogP contribution in [0.4, 0.5) is 17.1 Å². The molecule has 106 valence electrons. The molecule has 4 nitrogen and oxygen atoms in total. The molecule has 4 heteroatoms. The van der Waals surface area contributed by atoms with Crippen LogP contribution in [0.1, 0.15) is 0 Å². The highest BCUT2D eigenvalue weighted by Gasteiger charge is 2.10. The van der Waals surface area contributed by atoms with Crippen molar-refractivity contribution in [1.29, 1.82) is 0 Å². The first-order valence-corrected chi connectivity index (χ1v) is 6.70. The van der Waals surface area contributed by atoms with Gasteiger partial charge in [-0.1, -0.05) is 6.07 Å². The standard InChI is InChI=1S/C17H17N3O/c1-20(12-4-3-5-13(10-12)21-2)17-7-6-16(18)14-8-9-19-11-15(14)17/h3-11H,18H2,1-2H3. The number of fused-ring (bicyclic) bond motifs is 1. The average molecular weight is 279 g/mol. The fourth-order valence-corrected chi connectivity index (χ4v) is 2.45. The third kappa shape index (κ3) is 2.36. The summed E-state index contributed by atoms with van der Waals surface area (Å²) in [6, 6.07) is 13.8. The number of nitrogens with zero attached hydrogens (tertiary/aromatic N) is 2. The second-order valence-corrected chi connectivity index (χ2v) is 4.86. The summed E-state index contributed by atoms with van der Waals surface area (Å²) in [6.45, 7) is 0. The summed E-state index contributed by atoms with van der Waals surface area (Å²) < 4.78 is 5.29. The minimum Gasteiger partial charge on any atom is -0.497 e. The number of nitrogens with two attached hydrogens (primary N) is 1. The van der Waals surface area contributed by atoms with Crippen LogP contribution >= 0.6 is 0 Å². The molecule has 21 heavy (non-hydrogen) atoms. The second kappa shape index (κ2) is 5.32. The van der Waals surface area contributed by atoms with Crippen molar-refractivity contribution in [3.05, 3.63) is 54.9 Å². The summed E-state index contributed by atoms with van der Waals surface area (Å²) in [7, 11) is 3.69. The van der Waals surface area contributed by atoms with Crippen LogP contribution in [0.3, 0.4) is 0 Å². The molecule has 0 aliphatic heterocycles. The SMILES string of the molecule is COc1cccc(N(C)c2ccc(N)c3ccncc23)c1. The number of benzene rings is 2. The van der Waals surface area contributed by atoms with Crippen molar-refractivity contribution in [2.75, 3.05) is 24.8 Å². The normalized spacial score (nSPS) is 10.6. The average Bonchev–Trinajstić information content (AvgIpc) is 2.55. The van der Waals surface area contributed by atoms with Crippen molar-refractivity contribution in [2.45, 2.75) is 0 Å². The summed E-state index contributed by atoms with van der Waals surface area (Å²) in [5.41, 5.74) is 8.90. The summed E-state index contributed by atoms with van der Waals surface area (Å²) in [6.07, 6.45) is 3.60. The molecule has 2 N–H and O–H groups in total. The van der Waals surface area contributed by atoms with Crippen molar-refractivity contribution in [2.24, 2.45) is 0 Å². The van der Waals surface area contributed by atoms with Crippen molar-refractivity contribution >= 4 is 27.8 Å². The van der Waals surface area contributed by atoms with Gasteiger partial charge >= 0.3 is 0 Å². The largest absolute Gasteiger partial charge is 0.497 e. The quantitative estimate of drug-likeness (QED) is 0.744. The molecule has 0 radical (unpaired) electrons. The molecule has 0 spiro atoms. The van der Waals surface area contributed by atoms with E-state index >= 15 is 0 Å². The van der Waals surface area contributed by atoms with Crippen LogP contribution in [0.25, 0.3) is 10.8 Å². The van der Waals surface area contributed by atoms with Gasteiger partial charge in [0.1, 0.15) is 5.75 Å². The van der Waals surface area contributed by atoms with E-state index in [1.807, 2.05) is 55.7 Å². The minimum atomic E-state index is 0.759. The maximum Gasteiger partial charge on any atom is 0.120 e. The number of nitrogen functional groups attached to an aromatic ring is 1. The molecule has 0 aliphatic carbocycles. The predicted molar refractivity (Wildman–Crippen MR) is 87.2 cm³/mol. The molecule has 0 bridgehead atoms. The monoisotopic (exact) mass is 279 g/mol. The van der Waals surface area contributed by atoms with Crippen LogP contribution in [0, 0.1) is 0 Å². The van der Waals surface area contributed by atoms with Gasteiger partial charge in [-0.25, -0.2) is 0 Å². The number of aromatic nitrogens is 1. The van der Waals surface area contributed by atoms with Gasteiger partial charge in [-0.3, -0.25) is 4.98 Å². The Labute approximate surface area is 123 Å². The van der Waals surface area contributed by atoms with Crippen molar-refractivity contribution < 1.29 is 4.74 Å². The molecule has 1 aromatic heterocycles. The van der Waals surface area contributed by atoms with Crippen LogP contribution in [0.15, 0.2) is 54.9 Å². The Kier molecular flexibility index (Phi) is 3.36. The van der Waals surface area contributed by atoms with Gasteiger partial charge in [0.25, 0.3) is 0 Å². The molecule has 3 rings (SSSR count). The summed E-state index contributed by atoms with van der Waals surface area (Å²) in [5.74, 6) is 0.831. The summed E-state index contributed by atoms with van der Waals surface area (Å²) in [5, 5.41) is 2.04. The van der Waals surface area contributed by atoms with Crippen molar-refractivity contribution in [1.82, 2.24) is 4.98 Å². The number of pyridine rings is 1. The summed E-state index contributed by atoms with van der Waals surface area (Å²) >= 11 is 0. The molecule has 1 heterocycles. The summed E-state index contributed by atoms with van der Waals surface area (Å²) in [4.78, 5) is 6.32. The molecule has 0 atom stereocenters. The second-order valence-electron chi connectivity index (χ2n) is 4.86. The molecule has 0 unspecified atom stereocenters. The first kappa shape index (κ1) is 13.2. The maximum atomic E-state index is 6.04. The molecule has 0 saturated heterocycles. The van der Waals surface area contributed by atoms with Gasteiger partial charge in [-0.05, 0) is 30.3 Å². The lowest BCUT2D eigenvalue weighted by Gasteiger charge is -2.22. The van der Waals surface area contributed by atoms with Crippen LogP contribution in [0.2, 0.25) is 0 Å². The first-order chi connectivity index (χ1) is 10.2. The van der Waals surface area contributed by atoms with Crippen molar-refractivity contribution in [3.63, 3.8) is 0 Å². The number of anilines is 3. The lowest BCUT2D eigenvalue weighted by atomic mass is 10.1. The van der Waals surface area contributed by atoms with E-state index in [0.29, 0.717) is 0 Å². The van der Waals surface area contributed by atoms with E-state index < -0.39 is 0 Å². The molecule has 2 aromatic carbocycles. The topological polar surface area (TPSA) is 51.4 Å². The Morgan fingerprint density at radius 2 is 1.95 bits per heavy atom. The Morgan fingerprint density at radius 1 is 1.10 bits per heavy atom. The lowest BCUT2D eigenvalue weighted by Crippen LogP contribution is -2.10. The lowest BCUT2D eigenvalue weighted by molar-refractivity contribution is 0.415. The van der Waals surface area contributed by atoms with Gasteiger partial charge < -0.3 is 15.4 Å². The molecule has 0 fully saturated rings. The molecular weight excluding hydrogens is 262 g/mol. The van der Waals surface area contributed by atoms with Gasteiger partial charge in [0.15, 0.2) is 0 Å². The van der Waals surface area contributed by atoms with E-state index in [0.717, 1.165) is 33.6 Å². The van der Waals surface area contributed by atoms with Gasteiger partial charge in [0.05, 0.1) is 12.8 Å². The zero-order chi connectivity index (χ0) is 14.8. The zero-order valence-electron chi connectivity index (χ0n) is 12.1. The smallest absolute Gasteiger partial charge is 0.120 e. The minimum absolute atomic E-state index is 0.759. The highest BCUT2D eigenvalue weighted by atomic mass is 16.5. The maximum absolute atomic E-state index is 6.04. The number of ether oxygens (including phenoxy) is 1. The predicted octanol–water partition coefficient (Wildman–Crippen LogP) is 3.59. The van der Waals surface area contributed by atoms with E-state index in [9.17, 15) is 0 Å². The Bertz CT molecular complexity index is 786. The fraction of sp³-hybridized carbons (Fsp3) is 0.118. The van der Waals surface area contributed by atoms with Gasteiger partial charge in [0, 0.05) is 47.7 Å². The number of hydrogen-bond acceptors (Lipinski definition) is 4. The Balaban J connectivity index is 2.13. The Hall–Kier alpha value is -2.75. The van der Waals surface area contributed by atoms with E-state index in [2.05, 4.69) is 9.88 Å². The van der Waals surface area contributed by atoms with E-state index in [1.165, 1.54) is 0 Å². The van der Waals surface area contributed by atoms with Crippen molar-refractivity contribution in [3.8, 4) is 5.75 Å². The fourth-order valence-electron chi connectivity index (χ4n) is 2.45. The van der Waals surface area contributed by atoms with Crippen LogP contribution in [0.5, 0.6) is 5.75 Å². The van der Waals surface area contributed by atoms with Gasteiger partial charge in [0.2, 0.25) is 0 Å².